The Morgan fingerprint density at radius 1 is 1.22 bits per heavy atom. The summed E-state index contributed by atoms with van der Waals surface area (Å²) in [5, 5.41) is 4.54. The van der Waals surface area contributed by atoms with Gasteiger partial charge in [-0.25, -0.2) is 4.98 Å². The smallest absolute Gasteiger partial charge is 0.226 e. The second-order valence-corrected chi connectivity index (χ2v) is 5.42. The van der Waals surface area contributed by atoms with Gasteiger partial charge in [-0.05, 0) is 42.0 Å². The minimum Gasteiger partial charge on any atom is -0.381 e. The molecule has 0 unspecified atom stereocenters. The number of carbonyl (C=O) groups excluding carboxylic acids is 1. The summed E-state index contributed by atoms with van der Waals surface area (Å²) < 4.78 is 0. The molecule has 2 heterocycles. The molecule has 0 aliphatic rings. The van der Waals surface area contributed by atoms with E-state index in [1.165, 1.54) is 5.56 Å². The quantitative estimate of drug-likeness (QED) is 0.758. The van der Waals surface area contributed by atoms with Gasteiger partial charge < -0.3 is 15.2 Å². The Balaban J connectivity index is 1.69. The number of hydrogen-bond acceptors (Lipinski definition) is 3. The highest BCUT2D eigenvalue weighted by Gasteiger charge is 2.08. The summed E-state index contributed by atoms with van der Waals surface area (Å²) in [6.07, 6.45) is 4.21. The van der Waals surface area contributed by atoms with Crippen LogP contribution >= 0.6 is 0 Å². The van der Waals surface area contributed by atoms with E-state index in [1.54, 1.807) is 11.9 Å². The van der Waals surface area contributed by atoms with Gasteiger partial charge in [0.1, 0.15) is 5.65 Å². The SMILES string of the molecule is CCC(=O)N(C)c1ccc(NCc2ccnc3[nH]ccc23)cc1. The Morgan fingerprint density at radius 2 is 2.00 bits per heavy atom. The third-order valence-electron chi connectivity index (χ3n) is 3.96. The summed E-state index contributed by atoms with van der Waals surface area (Å²) in [7, 11) is 1.80. The van der Waals surface area contributed by atoms with Gasteiger partial charge in [0.2, 0.25) is 5.91 Å². The maximum atomic E-state index is 11.7. The standard InChI is InChI=1S/C18H20N4O/c1-3-17(23)22(2)15-6-4-14(5-7-15)21-12-13-8-10-19-18-16(13)9-11-20-18/h4-11,21H,3,12H2,1-2H3,(H,19,20). The van der Waals surface area contributed by atoms with Gasteiger partial charge in [-0.2, -0.15) is 0 Å². The largest absolute Gasteiger partial charge is 0.381 e. The van der Waals surface area contributed by atoms with Crippen LogP contribution in [0.4, 0.5) is 11.4 Å². The normalized spacial score (nSPS) is 10.7. The van der Waals surface area contributed by atoms with Crippen LogP contribution in [0.2, 0.25) is 0 Å². The Bertz CT molecular complexity index is 807. The number of nitrogens with one attached hydrogen (secondary N) is 2. The van der Waals surface area contributed by atoms with E-state index in [4.69, 9.17) is 0 Å². The summed E-state index contributed by atoms with van der Waals surface area (Å²) in [4.78, 5) is 20.8. The molecule has 0 aliphatic carbocycles. The second-order valence-electron chi connectivity index (χ2n) is 5.42. The molecule has 5 nitrogen and oxygen atoms in total. The number of hydrogen-bond donors (Lipinski definition) is 2. The molecule has 118 valence electrons. The van der Waals surface area contributed by atoms with E-state index in [-0.39, 0.29) is 5.91 Å². The minimum absolute atomic E-state index is 0.109. The lowest BCUT2D eigenvalue weighted by Gasteiger charge is -2.17. The highest BCUT2D eigenvalue weighted by molar-refractivity contribution is 5.92. The fourth-order valence-corrected chi connectivity index (χ4v) is 2.55. The lowest BCUT2D eigenvalue weighted by atomic mass is 10.2. The van der Waals surface area contributed by atoms with Crippen molar-refractivity contribution in [1.29, 1.82) is 0 Å². The zero-order valence-electron chi connectivity index (χ0n) is 13.3. The second kappa shape index (κ2) is 6.52. The molecule has 2 N–H and O–H groups in total. The molecule has 23 heavy (non-hydrogen) atoms. The van der Waals surface area contributed by atoms with E-state index in [2.05, 4.69) is 15.3 Å². The first-order valence-electron chi connectivity index (χ1n) is 7.70. The fourth-order valence-electron chi connectivity index (χ4n) is 2.55. The molecule has 0 atom stereocenters. The number of amides is 1. The molecule has 0 fully saturated rings. The van der Waals surface area contributed by atoms with E-state index >= 15 is 0 Å². The van der Waals surface area contributed by atoms with E-state index in [9.17, 15) is 4.79 Å². The van der Waals surface area contributed by atoms with Crippen molar-refractivity contribution in [3.63, 3.8) is 0 Å². The number of pyridine rings is 1. The van der Waals surface area contributed by atoms with Crippen LogP contribution in [-0.4, -0.2) is 22.9 Å². The number of rotatable bonds is 5. The van der Waals surface area contributed by atoms with Gasteiger partial charge in [-0.3, -0.25) is 4.79 Å². The number of anilines is 2. The van der Waals surface area contributed by atoms with Crippen molar-refractivity contribution in [2.24, 2.45) is 0 Å². The molecule has 0 saturated heterocycles. The zero-order valence-corrected chi connectivity index (χ0v) is 13.3. The van der Waals surface area contributed by atoms with Crippen LogP contribution < -0.4 is 10.2 Å². The number of benzene rings is 1. The monoisotopic (exact) mass is 308 g/mol. The van der Waals surface area contributed by atoms with Crippen molar-refractivity contribution < 1.29 is 4.79 Å². The molecule has 1 amide bonds. The van der Waals surface area contributed by atoms with Crippen molar-refractivity contribution in [1.82, 2.24) is 9.97 Å². The van der Waals surface area contributed by atoms with Crippen LogP contribution in [0.25, 0.3) is 11.0 Å². The summed E-state index contributed by atoms with van der Waals surface area (Å²) >= 11 is 0. The van der Waals surface area contributed by atoms with Gasteiger partial charge in [-0.1, -0.05) is 6.92 Å². The maximum Gasteiger partial charge on any atom is 0.226 e. The predicted octanol–water partition coefficient (Wildman–Crippen LogP) is 3.55. The molecule has 0 aliphatic heterocycles. The van der Waals surface area contributed by atoms with Crippen LogP contribution in [0.3, 0.4) is 0 Å². The molecule has 0 radical (unpaired) electrons. The van der Waals surface area contributed by atoms with Gasteiger partial charge in [0.05, 0.1) is 0 Å². The van der Waals surface area contributed by atoms with Gasteiger partial charge in [0, 0.05) is 49.2 Å². The minimum atomic E-state index is 0.109. The lowest BCUT2D eigenvalue weighted by molar-refractivity contribution is -0.118. The third-order valence-corrected chi connectivity index (χ3v) is 3.96. The van der Waals surface area contributed by atoms with Crippen LogP contribution in [0.15, 0.2) is 48.8 Å². The number of nitrogens with zero attached hydrogens (tertiary/aromatic N) is 2. The highest BCUT2D eigenvalue weighted by Crippen LogP contribution is 2.20. The van der Waals surface area contributed by atoms with Crippen LogP contribution in [0.1, 0.15) is 18.9 Å². The molecule has 3 aromatic rings. The number of aromatic amines is 1. The van der Waals surface area contributed by atoms with E-state index in [0.29, 0.717) is 6.42 Å². The van der Waals surface area contributed by atoms with E-state index in [0.717, 1.165) is 29.0 Å². The summed E-state index contributed by atoms with van der Waals surface area (Å²) in [5.74, 6) is 0.109. The number of H-pyrrole nitrogens is 1. The molecule has 0 saturated carbocycles. The predicted molar refractivity (Wildman–Crippen MR) is 93.6 cm³/mol. The van der Waals surface area contributed by atoms with Gasteiger partial charge in [-0.15, -0.1) is 0 Å². The Morgan fingerprint density at radius 3 is 2.74 bits per heavy atom. The first kappa shape index (κ1) is 15.1. The highest BCUT2D eigenvalue weighted by atomic mass is 16.2. The number of aromatic nitrogens is 2. The average molecular weight is 308 g/mol. The molecule has 0 spiro atoms. The van der Waals surface area contributed by atoms with E-state index in [1.807, 2.05) is 55.7 Å². The molecule has 2 aromatic heterocycles. The molecule has 1 aromatic carbocycles. The van der Waals surface area contributed by atoms with Crippen molar-refractivity contribution in [2.75, 3.05) is 17.3 Å². The molecular weight excluding hydrogens is 288 g/mol. The number of carbonyl (C=O) groups is 1. The van der Waals surface area contributed by atoms with Crippen LogP contribution in [0, 0.1) is 0 Å². The summed E-state index contributed by atoms with van der Waals surface area (Å²) in [6.45, 7) is 2.59. The number of fused-ring (bicyclic) bond motifs is 1. The molecule has 0 bridgehead atoms. The Hall–Kier alpha value is -2.82. The van der Waals surface area contributed by atoms with Gasteiger partial charge in [0.25, 0.3) is 0 Å². The summed E-state index contributed by atoms with van der Waals surface area (Å²) in [6, 6.07) is 11.9. The summed E-state index contributed by atoms with van der Waals surface area (Å²) in [5.41, 5.74) is 4.02. The van der Waals surface area contributed by atoms with Crippen LogP contribution in [-0.2, 0) is 11.3 Å². The first-order valence-corrected chi connectivity index (χ1v) is 7.70. The Labute approximate surface area is 135 Å². The van der Waals surface area contributed by atoms with Crippen molar-refractivity contribution in [3.05, 3.63) is 54.4 Å². The van der Waals surface area contributed by atoms with E-state index < -0.39 is 0 Å². The molecule has 5 heteroatoms. The van der Waals surface area contributed by atoms with Crippen LogP contribution in [0.5, 0.6) is 0 Å². The average Bonchev–Trinajstić information content (AvgIpc) is 3.08. The fraction of sp³-hybridized carbons (Fsp3) is 0.222. The Kier molecular flexibility index (Phi) is 4.28. The zero-order chi connectivity index (χ0) is 16.2. The molecular formula is C18H20N4O. The van der Waals surface area contributed by atoms with Crippen molar-refractivity contribution in [3.8, 4) is 0 Å². The lowest BCUT2D eigenvalue weighted by Crippen LogP contribution is -2.24. The van der Waals surface area contributed by atoms with Gasteiger partial charge >= 0.3 is 0 Å². The third kappa shape index (κ3) is 3.18. The molecule has 3 rings (SSSR count). The van der Waals surface area contributed by atoms with Gasteiger partial charge in [0.15, 0.2) is 0 Å². The first-order chi connectivity index (χ1) is 11.2. The van der Waals surface area contributed by atoms with Crippen molar-refractivity contribution in [2.45, 2.75) is 19.9 Å². The topological polar surface area (TPSA) is 61.0 Å². The van der Waals surface area contributed by atoms with Crippen molar-refractivity contribution >= 4 is 28.3 Å². The maximum absolute atomic E-state index is 11.7.